The van der Waals surface area contributed by atoms with Crippen LogP contribution in [0.1, 0.15) is 12.5 Å². The van der Waals surface area contributed by atoms with Gasteiger partial charge in [0.05, 0.1) is 10.2 Å². The van der Waals surface area contributed by atoms with E-state index in [9.17, 15) is 5.11 Å². The molecule has 0 bridgehead atoms. The van der Waals surface area contributed by atoms with Gasteiger partial charge in [0.1, 0.15) is 11.6 Å². The maximum absolute atomic E-state index is 9.93. The molecule has 0 saturated heterocycles. The average molecular weight is 319 g/mol. The Bertz CT molecular complexity index is 614. The van der Waals surface area contributed by atoms with Crippen molar-refractivity contribution in [2.45, 2.75) is 6.92 Å². The number of phenolic OH excluding ortho intramolecular Hbond substituents is 1. The second kappa shape index (κ2) is 5.45. The van der Waals surface area contributed by atoms with E-state index in [0.29, 0.717) is 0 Å². The highest BCUT2D eigenvalue weighted by atomic mass is 79.9. The number of phenols is 1. The SMILES string of the molecule is C=C/C(Br)=C1/N=C(c2ccccc2O)C=C(C)N1C. The van der Waals surface area contributed by atoms with Crippen molar-refractivity contribution < 1.29 is 5.11 Å². The van der Waals surface area contributed by atoms with Gasteiger partial charge in [0.2, 0.25) is 0 Å². The van der Waals surface area contributed by atoms with Crippen LogP contribution in [0.25, 0.3) is 0 Å². The van der Waals surface area contributed by atoms with Crippen molar-refractivity contribution in [3.8, 4) is 5.75 Å². The highest BCUT2D eigenvalue weighted by Crippen LogP contribution is 2.28. The third-order valence-electron chi connectivity index (χ3n) is 2.99. The lowest BCUT2D eigenvalue weighted by Crippen LogP contribution is -2.21. The fourth-order valence-electron chi connectivity index (χ4n) is 1.82. The van der Waals surface area contributed by atoms with Crippen LogP contribution in [0.4, 0.5) is 0 Å². The fourth-order valence-corrected chi connectivity index (χ4v) is 2.17. The first-order valence-electron chi connectivity index (χ1n) is 5.86. The molecule has 1 N–H and O–H groups in total. The molecule has 4 heteroatoms. The summed E-state index contributed by atoms with van der Waals surface area (Å²) >= 11 is 3.45. The molecule has 3 nitrogen and oxygen atoms in total. The summed E-state index contributed by atoms with van der Waals surface area (Å²) in [6, 6.07) is 7.18. The Labute approximate surface area is 121 Å². The summed E-state index contributed by atoms with van der Waals surface area (Å²) in [4.78, 5) is 6.55. The molecule has 0 atom stereocenters. The predicted molar refractivity (Wildman–Crippen MR) is 82.3 cm³/mol. The van der Waals surface area contributed by atoms with Crippen molar-refractivity contribution in [3.63, 3.8) is 0 Å². The van der Waals surface area contributed by atoms with Crippen molar-refractivity contribution >= 4 is 21.6 Å². The molecule has 0 aliphatic carbocycles. The van der Waals surface area contributed by atoms with Gasteiger partial charge in [-0.25, -0.2) is 4.99 Å². The lowest BCUT2D eigenvalue weighted by atomic mass is 10.1. The number of para-hydroxylation sites is 1. The van der Waals surface area contributed by atoms with Crippen LogP contribution in [0.15, 0.2) is 64.0 Å². The van der Waals surface area contributed by atoms with Crippen LogP contribution in [0, 0.1) is 0 Å². The number of nitrogens with zero attached hydrogens (tertiary/aromatic N) is 2. The minimum Gasteiger partial charge on any atom is -0.507 e. The predicted octanol–water partition coefficient (Wildman–Crippen LogP) is 3.78. The molecule has 0 radical (unpaired) electrons. The number of aliphatic imine (C=N–C) groups is 1. The first kappa shape index (κ1) is 13.6. The van der Waals surface area contributed by atoms with E-state index in [1.807, 2.05) is 37.1 Å². The maximum atomic E-state index is 9.93. The molecule has 1 aliphatic heterocycles. The van der Waals surface area contributed by atoms with Crippen LogP contribution in [-0.2, 0) is 0 Å². The van der Waals surface area contributed by atoms with Gasteiger partial charge in [0, 0.05) is 18.3 Å². The minimum atomic E-state index is 0.226. The molecular formula is C15H15BrN2O. The summed E-state index contributed by atoms with van der Waals surface area (Å²) < 4.78 is 0.815. The highest BCUT2D eigenvalue weighted by molar-refractivity contribution is 9.11. The molecule has 0 unspecified atom stereocenters. The third kappa shape index (κ3) is 2.63. The summed E-state index contributed by atoms with van der Waals surface area (Å²) in [5.41, 5.74) is 2.50. The van der Waals surface area contributed by atoms with E-state index in [-0.39, 0.29) is 5.75 Å². The standard InChI is InChI=1S/C15H15BrN2O/c1-4-12(16)15-17-13(9-10(2)18(15)3)11-7-5-6-8-14(11)19/h4-9,19H,1H2,2-3H3/b15-12+. The Morgan fingerprint density at radius 1 is 1.42 bits per heavy atom. The van der Waals surface area contributed by atoms with Gasteiger partial charge in [-0.05, 0) is 41.1 Å². The van der Waals surface area contributed by atoms with Crippen LogP contribution >= 0.6 is 15.9 Å². The van der Waals surface area contributed by atoms with Gasteiger partial charge in [-0.2, -0.15) is 0 Å². The molecule has 0 fully saturated rings. The largest absolute Gasteiger partial charge is 0.507 e. The maximum Gasteiger partial charge on any atom is 0.147 e. The van der Waals surface area contributed by atoms with Crippen molar-refractivity contribution in [2.75, 3.05) is 7.05 Å². The molecule has 1 heterocycles. The van der Waals surface area contributed by atoms with Crippen LogP contribution in [-0.4, -0.2) is 22.8 Å². The third-order valence-corrected chi connectivity index (χ3v) is 3.67. The highest BCUT2D eigenvalue weighted by Gasteiger charge is 2.18. The average Bonchev–Trinajstić information content (AvgIpc) is 2.41. The molecule has 1 aliphatic rings. The smallest absolute Gasteiger partial charge is 0.147 e. The lowest BCUT2D eigenvalue weighted by Gasteiger charge is -2.26. The van der Waals surface area contributed by atoms with Gasteiger partial charge in [-0.3, -0.25) is 0 Å². The zero-order chi connectivity index (χ0) is 14.0. The summed E-state index contributed by atoms with van der Waals surface area (Å²) in [6.45, 7) is 5.74. The molecule has 98 valence electrons. The number of allylic oxidation sites excluding steroid dienone is 4. The summed E-state index contributed by atoms with van der Waals surface area (Å²) in [5, 5.41) is 9.93. The van der Waals surface area contributed by atoms with Crippen molar-refractivity contribution in [1.29, 1.82) is 0 Å². The Balaban J connectivity index is 2.59. The number of aromatic hydroxyl groups is 1. The molecule has 0 amide bonds. The van der Waals surface area contributed by atoms with Gasteiger partial charge in [-0.1, -0.05) is 24.8 Å². The number of benzene rings is 1. The molecule has 0 spiro atoms. The Kier molecular flexibility index (Phi) is 3.90. The summed E-state index contributed by atoms with van der Waals surface area (Å²) in [5.74, 6) is 0.997. The lowest BCUT2D eigenvalue weighted by molar-refractivity contribution is 0.473. The van der Waals surface area contributed by atoms with Crippen molar-refractivity contribution in [3.05, 3.63) is 64.6 Å². The topological polar surface area (TPSA) is 35.8 Å². The normalized spacial score (nSPS) is 17.7. The van der Waals surface area contributed by atoms with E-state index < -0.39 is 0 Å². The number of rotatable bonds is 2. The van der Waals surface area contributed by atoms with Crippen molar-refractivity contribution in [1.82, 2.24) is 4.90 Å². The minimum absolute atomic E-state index is 0.226. The number of hydrogen-bond acceptors (Lipinski definition) is 3. The van der Waals surface area contributed by atoms with E-state index >= 15 is 0 Å². The Morgan fingerprint density at radius 3 is 2.74 bits per heavy atom. The Hall–Kier alpha value is -1.81. The van der Waals surface area contributed by atoms with E-state index in [0.717, 1.165) is 27.3 Å². The Morgan fingerprint density at radius 2 is 2.11 bits per heavy atom. The first-order valence-corrected chi connectivity index (χ1v) is 6.65. The number of hydrogen-bond donors (Lipinski definition) is 1. The van der Waals surface area contributed by atoms with E-state index in [2.05, 4.69) is 27.5 Å². The molecule has 1 aromatic carbocycles. The zero-order valence-corrected chi connectivity index (χ0v) is 12.5. The van der Waals surface area contributed by atoms with Crippen LogP contribution < -0.4 is 0 Å². The molecule has 19 heavy (non-hydrogen) atoms. The summed E-state index contributed by atoms with van der Waals surface area (Å²) in [7, 11) is 1.94. The monoisotopic (exact) mass is 318 g/mol. The van der Waals surface area contributed by atoms with Gasteiger partial charge in [0.15, 0.2) is 0 Å². The summed E-state index contributed by atoms with van der Waals surface area (Å²) in [6.07, 6.45) is 3.65. The van der Waals surface area contributed by atoms with Crippen LogP contribution in [0.5, 0.6) is 5.75 Å². The van der Waals surface area contributed by atoms with Crippen LogP contribution in [0.2, 0.25) is 0 Å². The van der Waals surface area contributed by atoms with E-state index in [4.69, 9.17) is 0 Å². The van der Waals surface area contributed by atoms with Crippen LogP contribution in [0.3, 0.4) is 0 Å². The second-order valence-corrected chi connectivity index (χ2v) is 5.09. The molecular weight excluding hydrogens is 304 g/mol. The molecule has 0 saturated carbocycles. The van der Waals surface area contributed by atoms with Gasteiger partial charge >= 0.3 is 0 Å². The van der Waals surface area contributed by atoms with Gasteiger partial charge < -0.3 is 10.0 Å². The van der Waals surface area contributed by atoms with Gasteiger partial charge in [0.25, 0.3) is 0 Å². The quantitative estimate of drug-likeness (QED) is 0.900. The second-order valence-electron chi connectivity index (χ2n) is 4.23. The zero-order valence-electron chi connectivity index (χ0n) is 10.9. The number of halogens is 1. The van der Waals surface area contributed by atoms with E-state index in [1.54, 1.807) is 18.2 Å². The first-order chi connectivity index (χ1) is 9.04. The van der Waals surface area contributed by atoms with Gasteiger partial charge in [-0.15, -0.1) is 0 Å². The van der Waals surface area contributed by atoms with Crippen molar-refractivity contribution in [2.24, 2.45) is 4.99 Å². The molecule has 0 aromatic heterocycles. The molecule has 2 rings (SSSR count). The van der Waals surface area contributed by atoms with E-state index in [1.165, 1.54) is 0 Å². The molecule has 1 aromatic rings. The fraction of sp³-hybridized carbons (Fsp3) is 0.133.